The number of halogens is 3. The van der Waals surface area contributed by atoms with Gasteiger partial charge in [0, 0.05) is 21.4 Å². The highest BCUT2D eigenvalue weighted by Gasteiger charge is 2.50. The summed E-state index contributed by atoms with van der Waals surface area (Å²) < 4.78 is 38.3. The second kappa shape index (κ2) is 4.37. The minimum Gasteiger partial charge on any atom is -0.398 e. The molecule has 1 aliphatic rings. The minimum atomic E-state index is -4.43. The molecule has 4 N–H and O–H groups in total. The van der Waals surface area contributed by atoms with Crippen molar-refractivity contribution >= 4 is 17.0 Å². The smallest absolute Gasteiger partial charge is 0.398 e. The number of rotatable bonds is 1. The normalized spacial score (nSPS) is 30.6. The maximum Gasteiger partial charge on any atom is 0.416 e. The summed E-state index contributed by atoms with van der Waals surface area (Å²) in [7, 11) is 0. The molecule has 8 heteroatoms. The number of anilines is 1. The van der Waals surface area contributed by atoms with Gasteiger partial charge in [-0.2, -0.15) is 13.2 Å². The van der Waals surface area contributed by atoms with E-state index in [-0.39, 0.29) is 13.0 Å². The van der Waals surface area contributed by atoms with Gasteiger partial charge in [0.05, 0.1) is 6.54 Å². The van der Waals surface area contributed by atoms with E-state index in [4.69, 9.17) is 11.6 Å². The molecule has 0 unspecified atom stereocenters. The third-order valence-corrected chi connectivity index (χ3v) is 4.24. The van der Waals surface area contributed by atoms with E-state index in [9.17, 15) is 13.2 Å². The number of hydroxylamine groups is 1. The van der Waals surface area contributed by atoms with E-state index in [2.05, 4.69) is 4.84 Å². The Balaban J connectivity index is 2.27. The Hall–Kier alpha value is -0.830. The summed E-state index contributed by atoms with van der Waals surface area (Å²) in [5.41, 5.74) is 5.45. The topological polar surface area (TPSA) is 64.5 Å². The zero-order valence-corrected chi connectivity index (χ0v) is 10.5. The Labute approximate surface area is 106 Å². The van der Waals surface area contributed by atoms with Crippen LogP contribution in [0.4, 0.5) is 18.9 Å². The highest BCUT2D eigenvalue weighted by atomic mass is 32.1. The van der Waals surface area contributed by atoms with E-state index in [0.29, 0.717) is 5.69 Å². The van der Waals surface area contributed by atoms with E-state index < -0.39 is 17.7 Å². The average Bonchev–Trinajstić information content (AvgIpc) is 2.63. The summed E-state index contributed by atoms with van der Waals surface area (Å²) in [5.74, 6) is 5.43. The van der Waals surface area contributed by atoms with E-state index in [0.717, 1.165) is 10.0 Å². The summed E-state index contributed by atoms with van der Waals surface area (Å²) in [4.78, 5) is 5.42. The van der Waals surface area contributed by atoms with Crippen LogP contribution < -0.4 is 11.6 Å². The SMILES string of the molecule is C[C@]1(c2cc(N)cs2)C[C@@H](C(F)(F)F)ON(N)C1. The largest absolute Gasteiger partial charge is 0.416 e. The van der Waals surface area contributed by atoms with E-state index in [1.165, 1.54) is 11.3 Å². The third kappa shape index (κ3) is 2.61. The molecular formula is C10H14F3N3OS. The lowest BCUT2D eigenvalue weighted by Gasteiger charge is -2.41. The first-order valence-corrected chi connectivity index (χ1v) is 6.19. The summed E-state index contributed by atoms with van der Waals surface area (Å²) in [6.45, 7) is 1.93. The molecule has 1 aromatic heterocycles. The van der Waals surface area contributed by atoms with Crippen LogP contribution in [0.25, 0.3) is 0 Å². The summed E-state index contributed by atoms with van der Waals surface area (Å²) in [6, 6.07) is 1.69. The lowest BCUT2D eigenvalue weighted by molar-refractivity contribution is -0.327. The van der Waals surface area contributed by atoms with Crippen molar-refractivity contribution < 1.29 is 18.0 Å². The summed E-state index contributed by atoms with van der Waals surface area (Å²) >= 11 is 1.34. The molecule has 0 aliphatic carbocycles. The van der Waals surface area contributed by atoms with Crippen LogP contribution in [-0.4, -0.2) is 24.0 Å². The molecule has 102 valence electrons. The molecular weight excluding hydrogens is 267 g/mol. The van der Waals surface area contributed by atoms with Gasteiger partial charge < -0.3 is 5.73 Å². The maximum absolute atomic E-state index is 12.8. The quantitative estimate of drug-likeness (QED) is 0.773. The number of alkyl halides is 3. The molecule has 1 aromatic rings. The Kier molecular flexibility index (Phi) is 3.30. The fourth-order valence-corrected chi connectivity index (χ4v) is 3.04. The van der Waals surface area contributed by atoms with Crippen LogP contribution in [0.1, 0.15) is 18.2 Å². The van der Waals surface area contributed by atoms with E-state index >= 15 is 0 Å². The predicted molar refractivity (Wildman–Crippen MR) is 62.5 cm³/mol. The van der Waals surface area contributed by atoms with E-state index in [1.807, 2.05) is 0 Å². The number of hydrogen-bond acceptors (Lipinski definition) is 5. The number of nitrogen functional groups attached to an aromatic ring is 1. The predicted octanol–water partition coefficient (Wildman–Crippen LogP) is 2.03. The van der Waals surface area contributed by atoms with Crippen LogP contribution in [0.2, 0.25) is 0 Å². The van der Waals surface area contributed by atoms with Crippen LogP contribution in [0.3, 0.4) is 0 Å². The Bertz CT molecular complexity index is 436. The molecule has 2 rings (SSSR count). The van der Waals surface area contributed by atoms with Gasteiger partial charge in [0.1, 0.15) is 0 Å². The van der Waals surface area contributed by atoms with Crippen molar-refractivity contribution in [2.45, 2.75) is 31.0 Å². The number of thiophene rings is 1. The number of nitrogens with zero attached hydrogens (tertiary/aromatic N) is 1. The van der Waals surface area contributed by atoms with Crippen molar-refractivity contribution in [2.75, 3.05) is 12.3 Å². The zero-order chi connectivity index (χ0) is 13.6. The molecule has 4 nitrogen and oxygen atoms in total. The fraction of sp³-hybridized carbons (Fsp3) is 0.600. The van der Waals surface area contributed by atoms with Gasteiger partial charge in [-0.3, -0.25) is 4.84 Å². The monoisotopic (exact) mass is 281 g/mol. The first-order valence-electron chi connectivity index (χ1n) is 5.31. The molecule has 0 aromatic carbocycles. The second-order valence-electron chi connectivity index (χ2n) is 4.72. The number of nitrogens with two attached hydrogens (primary N) is 2. The molecule has 1 aliphatic heterocycles. The van der Waals surface area contributed by atoms with Gasteiger partial charge in [0.15, 0.2) is 6.10 Å². The molecule has 1 fully saturated rings. The summed E-state index contributed by atoms with van der Waals surface area (Å²) in [6.07, 6.45) is -6.48. The lowest BCUT2D eigenvalue weighted by Crippen LogP contribution is -2.55. The van der Waals surface area contributed by atoms with Crippen molar-refractivity contribution in [1.82, 2.24) is 5.17 Å². The highest BCUT2D eigenvalue weighted by Crippen LogP contribution is 2.42. The first kappa shape index (κ1) is 13.6. The van der Waals surface area contributed by atoms with Gasteiger partial charge in [-0.15, -0.1) is 16.5 Å². The Morgan fingerprint density at radius 1 is 1.56 bits per heavy atom. The number of hydrogen-bond donors (Lipinski definition) is 2. The second-order valence-corrected chi connectivity index (χ2v) is 5.63. The average molecular weight is 281 g/mol. The van der Waals surface area contributed by atoms with Gasteiger partial charge in [0.25, 0.3) is 0 Å². The Morgan fingerprint density at radius 2 is 2.22 bits per heavy atom. The molecule has 2 atom stereocenters. The third-order valence-electron chi connectivity index (χ3n) is 2.98. The van der Waals surface area contributed by atoms with Crippen molar-refractivity contribution in [2.24, 2.45) is 5.84 Å². The van der Waals surface area contributed by atoms with Crippen molar-refractivity contribution in [1.29, 1.82) is 0 Å². The number of hydrazine groups is 1. The zero-order valence-electron chi connectivity index (χ0n) is 9.70. The van der Waals surface area contributed by atoms with Crippen LogP contribution >= 0.6 is 11.3 Å². The lowest BCUT2D eigenvalue weighted by atomic mass is 9.81. The molecule has 0 spiro atoms. The van der Waals surface area contributed by atoms with Crippen LogP contribution in [-0.2, 0) is 10.3 Å². The molecule has 0 bridgehead atoms. The highest BCUT2D eigenvalue weighted by molar-refractivity contribution is 7.10. The van der Waals surface area contributed by atoms with Crippen molar-refractivity contribution in [3.8, 4) is 0 Å². The van der Waals surface area contributed by atoms with Crippen LogP contribution in [0, 0.1) is 0 Å². The van der Waals surface area contributed by atoms with Gasteiger partial charge in [0.2, 0.25) is 0 Å². The molecule has 0 radical (unpaired) electrons. The molecule has 1 saturated heterocycles. The minimum absolute atomic E-state index is 0.163. The molecule has 18 heavy (non-hydrogen) atoms. The molecule has 2 heterocycles. The van der Waals surface area contributed by atoms with Crippen molar-refractivity contribution in [3.63, 3.8) is 0 Å². The Morgan fingerprint density at radius 3 is 2.72 bits per heavy atom. The fourth-order valence-electron chi connectivity index (χ4n) is 2.08. The van der Waals surface area contributed by atoms with Crippen molar-refractivity contribution in [3.05, 3.63) is 16.3 Å². The summed E-state index contributed by atoms with van der Waals surface area (Å²) in [5, 5.41) is 2.47. The maximum atomic E-state index is 12.8. The van der Waals surface area contributed by atoms with Crippen LogP contribution in [0.15, 0.2) is 11.4 Å². The molecule has 0 saturated carbocycles. The standard InChI is InChI=1S/C10H14F3N3OS/c1-9(8-2-6(14)4-18-8)3-7(10(11,12)13)17-16(15)5-9/h2,4,7H,3,5,14-15H2,1H3/t7-,9-/m0/s1. The van der Waals surface area contributed by atoms with Crippen LogP contribution in [0.5, 0.6) is 0 Å². The molecule has 0 amide bonds. The van der Waals surface area contributed by atoms with E-state index in [1.54, 1.807) is 18.4 Å². The van der Waals surface area contributed by atoms with Gasteiger partial charge in [-0.05, 0) is 12.5 Å². The van der Waals surface area contributed by atoms with Gasteiger partial charge in [-0.1, -0.05) is 6.92 Å². The van der Waals surface area contributed by atoms with Gasteiger partial charge in [-0.25, -0.2) is 5.84 Å². The van der Waals surface area contributed by atoms with Gasteiger partial charge >= 0.3 is 6.18 Å². The first-order chi connectivity index (χ1) is 8.21.